The molecule has 1 aromatic rings. The Morgan fingerprint density at radius 3 is 2.73 bits per heavy atom. The summed E-state index contributed by atoms with van der Waals surface area (Å²) in [5, 5.41) is 4.25. The van der Waals surface area contributed by atoms with Crippen molar-refractivity contribution in [2.75, 3.05) is 19.6 Å². The van der Waals surface area contributed by atoms with E-state index in [9.17, 15) is 0 Å². The number of rotatable bonds is 5. The predicted octanol–water partition coefficient (Wildman–Crippen LogP) is 0.223. The molecule has 1 saturated heterocycles. The summed E-state index contributed by atoms with van der Waals surface area (Å²) in [5.74, 6) is 0.733. The molecule has 5 nitrogen and oxygen atoms in total. The Balaban J connectivity index is 1.68. The summed E-state index contributed by atoms with van der Waals surface area (Å²) in [6.45, 7) is 5.09. The van der Waals surface area contributed by atoms with Crippen molar-refractivity contribution in [2.45, 2.75) is 32.4 Å². The zero-order valence-corrected chi connectivity index (χ0v) is 9.10. The first-order valence-corrected chi connectivity index (χ1v) is 5.69. The van der Waals surface area contributed by atoms with Crippen LogP contribution in [0.2, 0.25) is 0 Å². The second-order valence-corrected chi connectivity index (χ2v) is 4.03. The first-order valence-electron chi connectivity index (χ1n) is 5.69. The van der Waals surface area contributed by atoms with Gasteiger partial charge in [0.15, 0.2) is 5.82 Å². The van der Waals surface area contributed by atoms with Crippen LogP contribution in [0.4, 0.5) is 0 Å². The van der Waals surface area contributed by atoms with E-state index in [1.807, 2.05) is 4.68 Å². The molecule has 0 aromatic carbocycles. The molecule has 5 heteroatoms. The topological polar surface area (TPSA) is 60.0 Å². The van der Waals surface area contributed by atoms with Crippen molar-refractivity contribution < 1.29 is 0 Å². The van der Waals surface area contributed by atoms with Gasteiger partial charge in [0.05, 0.1) is 6.54 Å². The monoisotopic (exact) mass is 209 g/mol. The lowest BCUT2D eigenvalue weighted by Gasteiger charge is -2.13. The number of hydrogen-bond donors (Lipinski definition) is 1. The lowest BCUT2D eigenvalue weighted by Crippen LogP contribution is -2.21. The zero-order chi connectivity index (χ0) is 10.5. The molecule has 0 unspecified atom stereocenters. The van der Waals surface area contributed by atoms with E-state index in [-0.39, 0.29) is 0 Å². The number of hydrogen-bond acceptors (Lipinski definition) is 4. The van der Waals surface area contributed by atoms with Crippen LogP contribution in [0.3, 0.4) is 0 Å². The first-order chi connectivity index (χ1) is 7.38. The van der Waals surface area contributed by atoms with Crippen LogP contribution in [-0.4, -0.2) is 39.3 Å². The fourth-order valence-electron chi connectivity index (χ4n) is 2.00. The molecule has 0 radical (unpaired) electrons. The van der Waals surface area contributed by atoms with E-state index in [4.69, 9.17) is 5.73 Å². The Morgan fingerprint density at radius 2 is 2.07 bits per heavy atom. The maximum Gasteiger partial charge on any atom is 0.164 e. The van der Waals surface area contributed by atoms with Crippen molar-refractivity contribution in [3.8, 4) is 0 Å². The highest BCUT2D eigenvalue weighted by atomic mass is 15.3. The third kappa shape index (κ3) is 3.00. The van der Waals surface area contributed by atoms with Crippen LogP contribution in [0.15, 0.2) is 6.33 Å². The average molecular weight is 209 g/mol. The predicted molar refractivity (Wildman–Crippen MR) is 58.2 cm³/mol. The molecule has 0 bridgehead atoms. The van der Waals surface area contributed by atoms with E-state index in [1.165, 1.54) is 32.5 Å². The third-order valence-electron chi connectivity index (χ3n) is 2.83. The Kier molecular flexibility index (Phi) is 3.69. The number of aryl methyl sites for hydroxylation is 1. The van der Waals surface area contributed by atoms with Crippen molar-refractivity contribution in [3.05, 3.63) is 12.2 Å². The fraction of sp³-hybridized carbons (Fsp3) is 0.800. The quantitative estimate of drug-likeness (QED) is 0.753. The lowest BCUT2D eigenvalue weighted by molar-refractivity contribution is 0.322. The summed E-state index contributed by atoms with van der Waals surface area (Å²) in [6.07, 6.45) is 5.64. The number of likely N-dealkylation sites (tertiary alicyclic amines) is 1. The molecule has 2 rings (SSSR count). The van der Waals surface area contributed by atoms with Gasteiger partial charge in [0, 0.05) is 6.54 Å². The maximum absolute atomic E-state index is 5.44. The van der Waals surface area contributed by atoms with Crippen LogP contribution in [0.5, 0.6) is 0 Å². The molecule has 1 fully saturated rings. The van der Waals surface area contributed by atoms with Gasteiger partial charge >= 0.3 is 0 Å². The molecule has 1 aliphatic rings. The summed E-state index contributed by atoms with van der Waals surface area (Å²) in [7, 11) is 0. The van der Waals surface area contributed by atoms with Gasteiger partial charge in [-0.05, 0) is 38.9 Å². The minimum Gasteiger partial charge on any atom is -0.324 e. The van der Waals surface area contributed by atoms with Gasteiger partial charge in [-0.25, -0.2) is 4.98 Å². The highest BCUT2D eigenvalue weighted by Crippen LogP contribution is 2.07. The second kappa shape index (κ2) is 5.23. The molecule has 0 spiro atoms. The highest BCUT2D eigenvalue weighted by Gasteiger charge is 2.10. The van der Waals surface area contributed by atoms with Gasteiger partial charge in [0.25, 0.3) is 0 Å². The van der Waals surface area contributed by atoms with Crippen LogP contribution in [0.1, 0.15) is 25.1 Å². The van der Waals surface area contributed by atoms with Gasteiger partial charge in [-0.2, -0.15) is 5.10 Å². The molecular weight excluding hydrogens is 190 g/mol. The smallest absolute Gasteiger partial charge is 0.164 e. The van der Waals surface area contributed by atoms with E-state index in [0.717, 1.165) is 18.8 Å². The number of nitrogens with zero attached hydrogens (tertiary/aromatic N) is 4. The van der Waals surface area contributed by atoms with Crippen molar-refractivity contribution in [1.29, 1.82) is 0 Å². The summed E-state index contributed by atoms with van der Waals surface area (Å²) in [6, 6.07) is 0. The number of nitrogens with two attached hydrogens (primary N) is 1. The minimum absolute atomic E-state index is 0.430. The van der Waals surface area contributed by atoms with Gasteiger partial charge in [0.1, 0.15) is 6.33 Å². The highest BCUT2D eigenvalue weighted by molar-refractivity contribution is 4.79. The van der Waals surface area contributed by atoms with Crippen LogP contribution >= 0.6 is 0 Å². The molecule has 1 aromatic heterocycles. The van der Waals surface area contributed by atoms with Crippen LogP contribution in [0.25, 0.3) is 0 Å². The molecule has 0 amide bonds. The van der Waals surface area contributed by atoms with E-state index < -0.39 is 0 Å². The molecule has 0 aliphatic carbocycles. The van der Waals surface area contributed by atoms with E-state index >= 15 is 0 Å². The second-order valence-electron chi connectivity index (χ2n) is 4.03. The summed E-state index contributed by atoms with van der Waals surface area (Å²) < 4.78 is 1.89. The largest absolute Gasteiger partial charge is 0.324 e. The van der Waals surface area contributed by atoms with Gasteiger partial charge in [-0.15, -0.1) is 0 Å². The van der Waals surface area contributed by atoms with Crippen molar-refractivity contribution in [2.24, 2.45) is 5.73 Å². The molecule has 0 atom stereocenters. The van der Waals surface area contributed by atoms with Crippen LogP contribution < -0.4 is 5.73 Å². The average Bonchev–Trinajstić information content (AvgIpc) is 2.88. The maximum atomic E-state index is 5.44. The molecule has 1 aliphatic heterocycles. The summed E-state index contributed by atoms with van der Waals surface area (Å²) >= 11 is 0. The molecule has 2 heterocycles. The van der Waals surface area contributed by atoms with Crippen molar-refractivity contribution >= 4 is 0 Å². The molecule has 0 saturated carbocycles. The van der Waals surface area contributed by atoms with Gasteiger partial charge in [-0.3, -0.25) is 4.68 Å². The van der Waals surface area contributed by atoms with E-state index in [2.05, 4.69) is 15.0 Å². The minimum atomic E-state index is 0.430. The van der Waals surface area contributed by atoms with Gasteiger partial charge < -0.3 is 10.6 Å². The first kappa shape index (κ1) is 10.6. The Morgan fingerprint density at radius 1 is 1.27 bits per heavy atom. The molecule has 15 heavy (non-hydrogen) atoms. The number of aromatic nitrogens is 3. The van der Waals surface area contributed by atoms with Gasteiger partial charge in [-0.1, -0.05) is 0 Å². The SMILES string of the molecule is NCc1ncn(CCCN2CCCC2)n1. The summed E-state index contributed by atoms with van der Waals surface area (Å²) in [4.78, 5) is 6.61. The Labute approximate surface area is 90.3 Å². The lowest BCUT2D eigenvalue weighted by atomic mass is 10.4. The zero-order valence-electron chi connectivity index (χ0n) is 9.10. The molecule has 2 N–H and O–H groups in total. The van der Waals surface area contributed by atoms with Gasteiger partial charge in [0.2, 0.25) is 0 Å². The van der Waals surface area contributed by atoms with Crippen LogP contribution in [-0.2, 0) is 13.1 Å². The van der Waals surface area contributed by atoms with E-state index in [1.54, 1.807) is 6.33 Å². The van der Waals surface area contributed by atoms with E-state index in [0.29, 0.717) is 6.54 Å². The third-order valence-corrected chi connectivity index (χ3v) is 2.83. The Hall–Kier alpha value is -0.940. The standard InChI is InChI=1S/C10H19N5/c11-8-10-12-9-15(13-10)7-3-6-14-4-1-2-5-14/h9H,1-8,11H2. The fourth-order valence-corrected chi connectivity index (χ4v) is 2.00. The van der Waals surface area contributed by atoms with Crippen LogP contribution in [0, 0.1) is 0 Å². The normalized spacial score (nSPS) is 17.4. The Bertz CT molecular complexity index is 290. The molecule has 84 valence electrons. The van der Waals surface area contributed by atoms with Crippen molar-refractivity contribution in [3.63, 3.8) is 0 Å². The molecular formula is C10H19N5. The summed E-state index contributed by atoms with van der Waals surface area (Å²) in [5.41, 5.74) is 5.44. The van der Waals surface area contributed by atoms with Crippen molar-refractivity contribution in [1.82, 2.24) is 19.7 Å².